The summed E-state index contributed by atoms with van der Waals surface area (Å²) in [5.41, 5.74) is 8.28. The number of fused-ring (bicyclic) bond motifs is 2. The van der Waals surface area contributed by atoms with Crippen LogP contribution in [0, 0.1) is 0 Å². The van der Waals surface area contributed by atoms with Gasteiger partial charge in [-0.25, -0.2) is 4.98 Å². The van der Waals surface area contributed by atoms with E-state index in [1.807, 2.05) is 0 Å². The third-order valence-corrected chi connectivity index (χ3v) is 5.14. The third-order valence-electron chi connectivity index (χ3n) is 5.14. The Morgan fingerprint density at radius 1 is 1.24 bits per heavy atom. The first kappa shape index (κ1) is 14.8. The van der Waals surface area contributed by atoms with Crippen molar-refractivity contribution in [3.8, 4) is 0 Å². The summed E-state index contributed by atoms with van der Waals surface area (Å²) in [7, 11) is 2.29. The number of nitrogens with two attached hydrogens (primary N) is 1. The summed E-state index contributed by atoms with van der Waals surface area (Å²) in [5.74, 6) is 1.14. The van der Waals surface area contributed by atoms with Crippen LogP contribution >= 0.6 is 0 Å². The minimum Gasteiger partial charge on any atom is -0.355 e. The highest BCUT2D eigenvalue weighted by molar-refractivity contribution is 5.43. The van der Waals surface area contributed by atoms with Crippen molar-refractivity contribution in [3.05, 3.63) is 23.4 Å². The number of hydrogen-bond donors (Lipinski definition) is 1. The minimum atomic E-state index is 0.603. The minimum absolute atomic E-state index is 0.603. The Labute approximate surface area is 128 Å². The second-order valence-electron chi connectivity index (χ2n) is 6.56. The number of aryl methyl sites for hydroxylation is 1. The van der Waals surface area contributed by atoms with Crippen LogP contribution in [0.1, 0.15) is 43.9 Å². The maximum atomic E-state index is 5.87. The normalized spacial score (nSPS) is 26.1. The lowest BCUT2D eigenvalue weighted by atomic mass is 10.1. The molecule has 4 nitrogen and oxygen atoms in total. The van der Waals surface area contributed by atoms with E-state index in [2.05, 4.69) is 35.9 Å². The average Bonchev–Trinajstić information content (AvgIpc) is 2.72. The van der Waals surface area contributed by atoms with Crippen LogP contribution in [0.5, 0.6) is 0 Å². The van der Waals surface area contributed by atoms with Crippen molar-refractivity contribution in [1.29, 1.82) is 0 Å². The second kappa shape index (κ2) is 6.32. The maximum absolute atomic E-state index is 5.87. The monoisotopic (exact) mass is 288 g/mol. The molecule has 1 aromatic heterocycles. The Hall–Kier alpha value is -1.13. The Balaban J connectivity index is 1.83. The Kier molecular flexibility index (Phi) is 4.45. The molecule has 0 aromatic carbocycles. The molecule has 4 heteroatoms. The van der Waals surface area contributed by atoms with Gasteiger partial charge in [0.15, 0.2) is 0 Å². The summed E-state index contributed by atoms with van der Waals surface area (Å²) in [6.45, 7) is 5.04. The van der Waals surface area contributed by atoms with Gasteiger partial charge in [-0.1, -0.05) is 13.3 Å². The van der Waals surface area contributed by atoms with Gasteiger partial charge in [-0.15, -0.1) is 0 Å². The van der Waals surface area contributed by atoms with Gasteiger partial charge < -0.3 is 10.6 Å². The molecular formula is C17H28N4. The first-order valence-corrected chi connectivity index (χ1v) is 8.38. The molecule has 2 saturated heterocycles. The first-order chi connectivity index (χ1) is 10.2. The molecule has 0 spiro atoms. The van der Waals surface area contributed by atoms with Gasteiger partial charge in [-0.2, -0.15) is 0 Å². The first-order valence-electron chi connectivity index (χ1n) is 8.38. The number of aromatic nitrogens is 1. The molecule has 2 atom stereocenters. The number of rotatable bonds is 4. The van der Waals surface area contributed by atoms with E-state index in [-0.39, 0.29) is 0 Å². The van der Waals surface area contributed by atoms with E-state index in [4.69, 9.17) is 10.7 Å². The highest BCUT2D eigenvalue weighted by Gasteiger charge is 2.34. The highest BCUT2D eigenvalue weighted by Crippen LogP contribution is 2.30. The van der Waals surface area contributed by atoms with E-state index in [1.54, 1.807) is 0 Å². The molecule has 3 rings (SSSR count). The smallest absolute Gasteiger partial charge is 0.129 e. The molecule has 0 aliphatic carbocycles. The van der Waals surface area contributed by atoms with Crippen LogP contribution in [-0.4, -0.2) is 42.1 Å². The second-order valence-corrected chi connectivity index (χ2v) is 6.56. The van der Waals surface area contributed by atoms with Crippen molar-refractivity contribution in [2.45, 2.75) is 57.7 Å². The molecule has 21 heavy (non-hydrogen) atoms. The summed E-state index contributed by atoms with van der Waals surface area (Å²) in [4.78, 5) is 9.96. The highest BCUT2D eigenvalue weighted by atomic mass is 15.3. The van der Waals surface area contributed by atoms with Crippen LogP contribution in [0.2, 0.25) is 0 Å². The molecule has 0 saturated carbocycles. The number of pyridine rings is 1. The Morgan fingerprint density at radius 3 is 2.81 bits per heavy atom. The van der Waals surface area contributed by atoms with Gasteiger partial charge in [0.1, 0.15) is 5.82 Å². The molecular weight excluding hydrogens is 260 g/mol. The summed E-state index contributed by atoms with van der Waals surface area (Å²) in [6, 6.07) is 5.82. The molecule has 2 aliphatic heterocycles. The van der Waals surface area contributed by atoms with Crippen molar-refractivity contribution in [2.75, 3.05) is 25.0 Å². The largest absolute Gasteiger partial charge is 0.355 e. The van der Waals surface area contributed by atoms with E-state index in [0.717, 1.165) is 37.8 Å². The molecule has 116 valence electrons. The van der Waals surface area contributed by atoms with Crippen LogP contribution in [0.3, 0.4) is 0 Å². The summed E-state index contributed by atoms with van der Waals surface area (Å²) >= 11 is 0. The van der Waals surface area contributed by atoms with E-state index in [9.17, 15) is 0 Å². The van der Waals surface area contributed by atoms with E-state index < -0.39 is 0 Å². The lowest BCUT2D eigenvalue weighted by Gasteiger charge is -2.27. The molecule has 2 bridgehead atoms. The summed E-state index contributed by atoms with van der Waals surface area (Å²) < 4.78 is 0. The lowest BCUT2D eigenvalue weighted by Crippen LogP contribution is -2.37. The quantitative estimate of drug-likeness (QED) is 0.922. The predicted octanol–water partition coefficient (Wildman–Crippen LogP) is 2.17. The van der Waals surface area contributed by atoms with Crippen LogP contribution < -0.4 is 10.6 Å². The maximum Gasteiger partial charge on any atom is 0.129 e. The van der Waals surface area contributed by atoms with Crippen LogP contribution in [0.4, 0.5) is 5.82 Å². The van der Waals surface area contributed by atoms with Gasteiger partial charge in [0.2, 0.25) is 0 Å². The van der Waals surface area contributed by atoms with Crippen molar-refractivity contribution in [3.63, 3.8) is 0 Å². The zero-order chi connectivity index (χ0) is 14.8. The molecule has 0 radical (unpaired) electrons. The molecule has 0 amide bonds. The fraction of sp³-hybridized carbons (Fsp3) is 0.706. The molecule has 2 aliphatic rings. The topological polar surface area (TPSA) is 45.4 Å². The average molecular weight is 288 g/mol. The molecule has 2 unspecified atom stereocenters. The lowest BCUT2D eigenvalue weighted by molar-refractivity contribution is 0.254. The van der Waals surface area contributed by atoms with E-state index in [1.165, 1.54) is 30.5 Å². The van der Waals surface area contributed by atoms with Crippen molar-refractivity contribution < 1.29 is 0 Å². The number of hydrogen-bond acceptors (Lipinski definition) is 4. The van der Waals surface area contributed by atoms with Crippen molar-refractivity contribution in [1.82, 2.24) is 9.88 Å². The molecule has 3 heterocycles. The van der Waals surface area contributed by atoms with Crippen molar-refractivity contribution >= 4 is 5.82 Å². The SMILES string of the molecule is CCCc1cc(CN)cc(N2CCC3CCC(C2)N3C)n1. The van der Waals surface area contributed by atoms with Gasteiger partial charge in [0.25, 0.3) is 0 Å². The van der Waals surface area contributed by atoms with Gasteiger partial charge in [0, 0.05) is 37.4 Å². The van der Waals surface area contributed by atoms with E-state index >= 15 is 0 Å². The van der Waals surface area contributed by atoms with Gasteiger partial charge in [-0.3, -0.25) is 4.90 Å². The Morgan fingerprint density at radius 2 is 2.05 bits per heavy atom. The molecule has 2 fully saturated rings. The summed E-state index contributed by atoms with van der Waals surface area (Å²) in [5, 5.41) is 0. The van der Waals surface area contributed by atoms with Gasteiger partial charge >= 0.3 is 0 Å². The van der Waals surface area contributed by atoms with E-state index in [0.29, 0.717) is 12.6 Å². The number of anilines is 1. The fourth-order valence-electron chi connectivity index (χ4n) is 3.81. The van der Waals surface area contributed by atoms with Crippen LogP contribution in [-0.2, 0) is 13.0 Å². The summed E-state index contributed by atoms with van der Waals surface area (Å²) in [6.07, 6.45) is 6.13. The zero-order valence-electron chi connectivity index (χ0n) is 13.4. The van der Waals surface area contributed by atoms with Crippen molar-refractivity contribution in [2.24, 2.45) is 5.73 Å². The van der Waals surface area contributed by atoms with Crippen LogP contribution in [0.25, 0.3) is 0 Å². The predicted molar refractivity (Wildman–Crippen MR) is 87.5 cm³/mol. The van der Waals surface area contributed by atoms with Gasteiger partial charge in [-0.05, 0) is 50.4 Å². The standard InChI is InChI=1S/C17H28N4/c1-3-4-14-9-13(11-18)10-17(19-14)21-8-7-15-5-6-16(12-21)20(15)2/h9-10,15-16H,3-8,11-12,18H2,1-2H3. The van der Waals surface area contributed by atoms with Gasteiger partial charge in [0.05, 0.1) is 0 Å². The number of likely N-dealkylation sites (N-methyl/N-ethyl adjacent to an activating group) is 1. The third kappa shape index (κ3) is 3.06. The number of nitrogens with zero attached hydrogens (tertiary/aromatic N) is 3. The zero-order valence-corrected chi connectivity index (χ0v) is 13.4. The molecule has 2 N–H and O–H groups in total. The van der Waals surface area contributed by atoms with Crippen LogP contribution in [0.15, 0.2) is 12.1 Å². The molecule has 1 aromatic rings. The fourth-order valence-corrected chi connectivity index (χ4v) is 3.81. The Bertz CT molecular complexity index is 488.